The van der Waals surface area contributed by atoms with E-state index in [0.29, 0.717) is 47.0 Å². The van der Waals surface area contributed by atoms with Gasteiger partial charge in [0.15, 0.2) is 23.0 Å². The van der Waals surface area contributed by atoms with E-state index >= 15 is 0 Å². The molecule has 1 aliphatic rings. The smallest absolute Gasteiger partial charge is 0.493 e. The Hall–Kier alpha value is -3.13. The zero-order valence-electron chi connectivity index (χ0n) is 17.0. The highest BCUT2D eigenvalue weighted by Crippen LogP contribution is 2.52. The molecular formula is C21H24O8. The third kappa shape index (κ3) is 3.63. The number of aliphatic hydroxyl groups is 1. The summed E-state index contributed by atoms with van der Waals surface area (Å²) >= 11 is 0. The van der Waals surface area contributed by atoms with Gasteiger partial charge in [-0.3, -0.25) is 0 Å². The number of hydrogen-bond donors (Lipinski definition) is 1. The Morgan fingerprint density at radius 1 is 0.897 bits per heavy atom. The van der Waals surface area contributed by atoms with Gasteiger partial charge in [-0.05, 0) is 47.7 Å². The lowest BCUT2D eigenvalue weighted by Crippen LogP contribution is -2.09. The molecule has 29 heavy (non-hydrogen) atoms. The number of rotatable bonds is 5. The Morgan fingerprint density at radius 2 is 1.59 bits per heavy atom. The van der Waals surface area contributed by atoms with Crippen molar-refractivity contribution in [3.8, 4) is 39.9 Å². The van der Waals surface area contributed by atoms with Gasteiger partial charge in [0.2, 0.25) is 5.75 Å². The van der Waals surface area contributed by atoms with Gasteiger partial charge >= 0.3 is 6.16 Å². The molecule has 0 aromatic heterocycles. The molecule has 0 radical (unpaired) electrons. The Bertz CT molecular complexity index is 922. The maximum atomic E-state index is 11.6. The number of aryl methyl sites for hydroxylation is 1. The SMILES string of the molecule is COC(=O)Oc1cc2c(cc1OC)-c1c(cc(OC)c(OC)c1OC)CCC2O. The van der Waals surface area contributed by atoms with Crippen molar-refractivity contribution in [2.45, 2.75) is 18.9 Å². The molecule has 0 bridgehead atoms. The Labute approximate surface area is 168 Å². The summed E-state index contributed by atoms with van der Waals surface area (Å²) in [6.07, 6.45) is -0.624. The number of methoxy groups -OCH3 is 5. The second kappa shape index (κ2) is 8.48. The van der Waals surface area contributed by atoms with Crippen LogP contribution < -0.4 is 23.7 Å². The molecule has 0 spiro atoms. The van der Waals surface area contributed by atoms with E-state index in [1.165, 1.54) is 21.3 Å². The van der Waals surface area contributed by atoms with E-state index < -0.39 is 12.3 Å². The van der Waals surface area contributed by atoms with Gasteiger partial charge in [-0.15, -0.1) is 0 Å². The largest absolute Gasteiger partial charge is 0.513 e. The van der Waals surface area contributed by atoms with E-state index in [1.54, 1.807) is 26.4 Å². The first-order valence-electron chi connectivity index (χ1n) is 8.96. The summed E-state index contributed by atoms with van der Waals surface area (Å²) in [5.74, 6) is 1.94. The van der Waals surface area contributed by atoms with E-state index in [4.69, 9.17) is 23.7 Å². The molecule has 8 nitrogen and oxygen atoms in total. The molecule has 0 saturated heterocycles. The summed E-state index contributed by atoms with van der Waals surface area (Å²) in [5, 5.41) is 10.8. The average molecular weight is 404 g/mol. The van der Waals surface area contributed by atoms with Crippen LogP contribution in [-0.2, 0) is 11.2 Å². The predicted molar refractivity (Wildman–Crippen MR) is 104 cm³/mol. The highest BCUT2D eigenvalue weighted by atomic mass is 16.7. The van der Waals surface area contributed by atoms with Crippen molar-refractivity contribution in [1.29, 1.82) is 0 Å². The number of hydrogen-bond acceptors (Lipinski definition) is 8. The number of carbonyl (C=O) groups excluding carboxylic acids is 1. The first-order chi connectivity index (χ1) is 14.0. The number of aliphatic hydroxyl groups excluding tert-OH is 1. The van der Waals surface area contributed by atoms with E-state index in [0.717, 1.165) is 11.1 Å². The third-order valence-electron chi connectivity index (χ3n) is 4.92. The predicted octanol–water partition coefficient (Wildman–Crippen LogP) is 3.51. The van der Waals surface area contributed by atoms with Gasteiger partial charge in [-0.1, -0.05) is 0 Å². The van der Waals surface area contributed by atoms with Crippen LogP contribution in [0.3, 0.4) is 0 Å². The Morgan fingerprint density at radius 3 is 2.17 bits per heavy atom. The molecule has 0 fully saturated rings. The van der Waals surface area contributed by atoms with Gasteiger partial charge in [0.1, 0.15) is 0 Å². The van der Waals surface area contributed by atoms with Gasteiger partial charge in [0.05, 0.1) is 41.7 Å². The molecule has 0 amide bonds. The molecule has 0 heterocycles. The summed E-state index contributed by atoms with van der Waals surface area (Å²) < 4.78 is 31.8. The number of benzene rings is 2. The van der Waals surface area contributed by atoms with Crippen LogP contribution in [0.15, 0.2) is 18.2 Å². The fourth-order valence-electron chi connectivity index (χ4n) is 3.59. The molecule has 3 rings (SSSR count). The molecule has 0 aliphatic heterocycles. The number of fused-ring (bicyclic) bond motifs is 3. The Kier molecular flexibility index (Phi) is 6.03. The molecule has 1 aliphatic carbocycles. The highest BCUT2D eigenvalue weighted by molar-refractivity contribution is 5.84. The second-order valence-corrected chi connectivity index (χ2v) is 6.38. The minimum atomic E-state index is -0.879. The molecule has 1 unspecified atom stereocenters. The number of carbonyl (C=O) groups is 1. The molecule has 2 aromatic rings. The molecule has 8 heteroatoms. The van der Waals surface area contributed by atoms with Crippen LogP contribution in [0, 0.1) is 0 Å². The standard InChI is InChI=1S/C21H24O8/c1-24-15-10-13-12(9-16(15)29-21(23)28-5)14(22)7-6-11-8-17(25-2)19(26-3)20(27-4)18(11)13/h8-10,14,22H,6-7H2,1-5H3. The maximum absolute atomic E-state index is 11.6. The lowest BCUT2D eigenvalue weighted by atomic mass is 9.93. The third-order valence-corrected chi connectivity index (χ3v) is 4.92. The van der Waals surface area contributed by atoms with Crippen LogP contribution in [0.2, 0.25) is 0 Å². The zero-order chi connectivity index (χ0) is 21.1. The summed E-state index contributed by atoms with van der Waals surface area (Å²) in [6.45, 7) is 0. The fraction of sp³-hybridized carbons (Fsp3) is 0.381. The van der Waals surface area contributed by atoms with E-state index in [1.807, 2.05) is 6.07 Å². The van der Waals surface area contributed by atoms with Crippen molar-refractivity contribution < 1.29 is 38.3 Å². The zero-order valence-corrected chi connectivity index (χ0v) is 17.0. The molecule has 1 N–H and O–H groups in total. The molecule has 0 saturated carbocycles. The van der Waals surface area contributed by atoms with Gasteiger partial charge in [-0.2, -0.15) is 0 Å². The normalized spacial score (nSPS) is 14.8. The van der Waals surface area contributed by atoms with E-state index in [2.05, 4.69) is 4.74 Å². The maximum Gasteiger partial charge on any atom is 0.513 e. The van der Waals surface area contributed by atoms with Crippen LogP contribution in [0.25, 0.3) is 11.1 Å². The monoisotopic (exact) mass is 404 g/mol. The first kappa shape index (κ1) is 20.6. The lowest BCUT2D eigenvalue weighted by molar-refractivity contribution is 0.119. The van der Waals surface area contributed by atoms with Crippen molar-refractivity contribution in [2.24, 2.45) is 0 Å². The second-order valence-electron chi connectivity index (χ2n) is 6.38. The minimum Gasteiger partial charge on any atom is -0.493 e. The summed E-state index contributed by atoms with van der Waals surface area (Å²) in [6, 6.07) is 5.17. The Balaban J connectivity index is 2.31. The van der Waals surface area contributed by atoms with Gasteiger partial charge in [0.25, 0.3) is 0 Å². The van der Waals surface area contributed by atoms with Crippen LogP contribution in [0.4, 0.5) is 4.79 Å². The van der Waals surface area contributed by atoms with Crippen LogP contribution >= 0.6 is 0 Å². The summed E-state index contributed by atoms with van der Waals surface area (Å²) in [7, 11) is 7.32. The van der Waals surface area contributed by atoms with Crippen molar-refractivity contribution in [3.63, 3.8) is 0 Å². The minimum absolute atomic E-state index is 0.153. The summed E-state index contributed by atoms with van der Waals surface area (Å²) in [5.41, 5.74) is 2.96. The topological polar surface area (TPSA) is 92.7 Å². The van der Waals surface area contributed by atoms with Gasteiger partial charge in [0, 0.05) is 5.56 Å². The van der Waals surface area contributed by atoms with E-state index in [9.17, 15) is 9.90 Å². The average Bonchev–Trinajstić information content (AvgIpc) is 2.88. The fourth-order valence-corrected chi connectivity index (χ4v) is 3.59. The number of ether oxygens (including phenoxy) is 6. The van der Waals surface area contributed by atoms with Crippen LogP contribution in [0.1, 0.15) is 23.7 Å². The van der Waals surface area contributed by atoms with Crippen molar-refractivity contribution in [3.05, 3.63) is 29.3 Å². The lowest BCUT2D eigenvalue weighted by Gasteiger charge is -2.21. The van der Waals surface area contributed by atoms with E-state index in [-0.39, 0.29) is 5.75 Å². The van der Waals surface area contributed by atoms with Gasteiger partial charge < -0.3 is 33.5 Å². The summed E-state index contributed by atoms with van der Waals surface area (Å²) in [4.78, 5) is 11.6. The van der Waals surface area contributed by atoms with Crippen LogP contribution in [0.5, 0.6) is 28.7 Å². The van der Waals surface area contributed by atoms with Crippen molar-refractivity contribution in [2.75, 3.05) is 35.5 Å². The quantitative estimate of drug-likeness (QED) is 0.598. The highest BCUT2D eigenvalue weighted by Gasteiger charge is 2.30. The molecular weight excluding hydrogens is 380 g/mol. The van der Waals surface area contributed by atoms with Gasteiger partial charge in [-0.25, -0.2) is 4.79 Å². The first-order valence-corrected chi connectivity index (χ1v) is 8.96. The van der Waals surface area contributed by atoms with Crippen molar-refractivity contribution in [1.82, 2.24) is 0 Å². The van der Waals surface area contributed by atoms with Crippen LogP contribution in [-0.4, -0.2) is 46.8 Å². The van der Waals surface area contributed by atoms with Crippen molar-refractivity contribution >= 4 is 6.16 Å². The molecule has 2 aromatic carbocycles. The molecule has 1 atom stereocenters. The molecule has 156 valence electrons.